The van der Waals surface area contributed by atoms with Crippen LogP contribution < -0.4 is 10.6 Å². The van der Waals surface area contributed by atoms with Gasteiger partial charge in [-0.1, -0.05) is 37.1 Å². The molecule has 2 aromatic carbocycles. The number of nitrogens with one attached hydrogen (secondary N) is 2. The minimum atomic E-state index is -1.19. The van der Waals surface area contributed by atoms with Crippen LogP contribution in [0.25, 0.3) is 0 Å². The molecule has 2 amide bonds. The minimum absolute atomic E-state index is 0.0527. The summed E-state index contributed by atoms with van der Waals surface area (Å²) in [6, 6.07) is 11.1. The summed E-state index contributed by atoms with van der Waals surface area (Å²) in [5.41, 5.74) is -0.0858. The van der Waals surface area contributed by atoms with Crippen LogP contribution in [0.1, 0.15) is 67.1 Å². The second-order valence-electron chi connectivity index (χ2n) is 7.15. The van der Waals surface area contributed by atoms with Crippen molar-refractivity contribution in [2.75, 3.05) is 0 Å². The number of carbonyl (C=O) groups is 4. The van der Waals surface area contributed by atoms with Crippen LogP contribution in [0.5, 0.6) is 0 Å². The van der Waals surface area contributed by atoms with E-state index < -0.39 is 35.8 Å². The largest absolute Gasteiger partial charge is 0.478 e. The van der Waals surface area contributed by atoms with E-state index in [0.29, 0.717) is 12.8 Å². The maximum absolute atomic E-state index is 12.7. The lowest BCUT2D eigenvalue weighted by molar-refractivity contribution is 0.0680. The maximum atomic E-state index is 12.7. The van der Waals surface area contributed by atoms with Crippen molar-refractivity contribution in [3.8, 4) is 0 Å². The summed E-state index contributed by atoms with van der Waals surface area (Å²) in [6.45, 7) is 0. The standard InChI is InChI=1S/C22H22N2O6/c25-19(13-7-1-3-9-15(13)21(27)28)23-17-11-5-6-12-18(17)24-20(26)14-8-2-4-10-16(14)22(29)30/h1-4,7-10,17-18H,5-6,11-12H2,(H,23,25)(H,24,26)(H,27,28)(H,29,30)/t17-,18-/m0/s1. The lowest BCUT2D eigenvalue weighted by atomic mass is 9.89. The van der Waals surface area contributed by atoms with Crippen LogP contribution >= 0.6 is 0 Å². The molecule has 156 valence electrons. The zero-order valence-corrected chi connectivity index (χ0v) is 16.1. The highest BCUT2D eigenvalue weighted by Gasteiger charge is 2.30. The van der Waals surface area contributed by atoms with E-state index in [0.717, 1.165) is 12.8 Å². The molecule has 0 saturated heterocycles. The summed E-state index contributed by atoms with van der Waals surface area (Å²) in [7, 11) is 0. The highest BCUT2D eigenvalue weighted by Crippen LogP contribution is 2.21. The first-order valence-electron chi connectivity index (χ1n) is 9.65. The van der Waals surface area contributed by atoms with Gasteiger partial charge >= 0.3 is 11.9 Å². The van der Waals surface area contributed by atoms with Crippen molar-refractivity contribution < 1.29 is 29.4 Å². The molecule has 0 radical (unpaired) electrons. The van der Waals surface area contributed by atoms with Gasteiger partial charge in [0.05, 0.1) is 22.3 Å². The van der Waals surface area contributed by atoms with Gasteiger partial charge in [-0.15, -0.1) is 0 Å². The minimum Gasteiger partial charge on any atom is -0.478 e. The van der Waals surface area contributed by atoms with E-state index in [1.54, 1.807) is 24.3 Å². The normalized spacial score (nSPS) is 18.3. The topological polar surface area (TPSA) is 133 Å². The van der Waals surface area contributed by atoms with Gasteiger partial charge in [0.25, 0.3) is 11.8 Å². The molecule has 0 unspecified atom stereocenters. The van der Waals surface area contributed by atoms with Gasteiger partial charge in [-0.25, -0.2) is 9.59 Å². The third kappa shape index (κ3) is 4.65. The quantitative estimate of drug-likeness (QED) is 0.578. The van der Waals surface area contributed by atoms with Crippen LogP contribution in [-0.2, 0) is 0 Å². The second-order valence-corrected chi connectivity index (χ2v) is 7.15. The average molecular weight is 410 g/mol. The summed E-state index contributed by atoms with van der Waals surface area (Å²) in [5.74, 6) is -3.44. The fourth-order valence-corrected chi connectivity index (χ4v) is 3.70. The van der Waals surface area contributed by atoms with Gasteiger partial charge in [-0.2, -0.15) is 0 Å². The van der Waals surface area contributed by atoms with E-state index in [1.165, 1.54) is 24.3 Å². The molecule has 1 saturated carbocycles. The zero-order valence-electron chi connectivity index (χ0n) is 16.1. The number of carbonyl (C=O) groups excluding carboxylic acids is 2. The summed E-state index contributed by atoms with van der Waals surface area (Å²) in [4.78, 5) is 48.2. The van der Waals surface area contributed by atoms with Crippen molar-refractivity contribution in [3.63, 3.8) is 0 Å². The second kappa shape index (κ2) is 9.21. The number of carboxylic acid groups (broad SMARTS) is 2. The van der Waals surface area contributed by atoms with Gasteiger partial charge in [-0.05, 0) is 37.1 Å². The third-order valence-electron chi connectivity index (χ3n) is 5.20. The van der Waals surface area contributed by atoms with Crippen LogP contribution in [0.2, 0.25) is 0 Å². The molecule has 0 spiro atoms. The Kier molecular flexibility index (Phi) is 6.46. The molecule has 30 heavy (non-hydrogen) atoms. The summed E-state index contributed by atoms with van der Waals surface area (Å²) in [5, 5.41) is 24.3. The van der Waals surface area contributed by atoms with E-state index >= 15 is 0 Å². The van der Waals surface area contributed by atoms with Crippen molar-refractivity contribution in [2.45, 2.75) is 37.8 Å². The molecule has 3 rings (SSSR count). The molecule has 0 bridgehead atoms. The fraction of sp³-hybridized carbons (Fsp3) is 0.273. The number of hydrogen-bond acceptors (Lipinski definition) is 4. The van der Waals surface area contributed by atoms with Crippen molar-refractivity contribution in [1.82, 2.24) is 10.6 Å². The van der Waals surface area contributed by atoms with Crippen LogP contribution in [0.4, 0.5) is 0 Å². The lowest BCUT2D eigenvalue weighted by Crippen LogP contribution is -2.53. The highest BCUT2D eigenvalue weighted by atomic mass is 16.4. The van der Waals surface area contributed by atoms with E-state index in [1.807, 2.05) is 0 Å². The molecular weight excluding hydrogens is 388 g/mol. The predicted octanol–water partition coefficient (Wildman–Crippen LogP) is 2.55. The Labute approximate surface area is 172 Å². The number of hydrogen-bond donors (Lipinski definition) is 4. The van der Waals surface area contributed by atoms with Crippen molar-refractivity contribution >= 4 is 23.8 Å². The maximum Gasteiger partial charge on any atom is 0.336 e. The Balaban J connectivity index is 1.76. The van der Waals surface area contributed by atoms with Gasteiger partial charge in [0.1, 0.15) is 0 Å². The van der Waals surface area contributed by atoms with Gasteiger partial charge in [0.15, 0.2) is 0 Å². The van der Waals surface area contributed by atoms with Crippen LogP contribution in [0.3, 0.4) is 0 Å². The Bertz CT molecular complexity index is 908. The van der Waals surface area contributed by atoms with Crippen LogP contribution in [0.15, 0.2) is 48.5 Å². The van der Waals surface area contributed by atoms with Gasteiger partial charge in [0, 0.05) is 12.1 Å². The first-order valence-corrected chi connectivity index (χ1v) is 9.65. The van der Waals surface area contributed by atoms with E-state index in [9.17, 15) is 29.4 Å². The van der Waals surface area contributed by atoms with Gasteiger partial charge < -0.3 is 20.8 Å². The average Bonchev–Trinajstić information content (AvgIpc) is 2.75. The number of aromatic carboxylic acids is 2. The van der Waals surface area contributed by atoms with Crippen molar-refractivity contribution in [3.05, 3.63) is 70.8 Å². The molecule has 0 heterocycles. The Morgan fingerprint density at radius 2 is 0.967 bits per heavy atom. The summed E-state index contributed by atoms with van der Waals surface area (Å²) in [6.07, 6.45) is 2.94. The smallest absolute Gasteiger partial charge is 0.336 e. The number of amides is 2. The summed E-state index contributed by atoms with van der Waals surface area (Å²) < 4.78 is 0. The molecule has 4 N–H and O–H groups in total. The van der Waals surface area contributed by atoms with E-state index in [-0.39, 0.29) is 22.3 Å². The molecule has 0 aromatic heterocycles. The SMILES string of the molecule is O=C(O)c1ccccc1C(=O)N[C@H]1CCCC[C@@H]1NC(=O)c1ccccc1C(=O)O. The van der Waals surface area contributed by atoms with Gasteiger partial charge in [0.2, 0.25) is 0 Å². The molecule has 0 aliphatic heterocycles. The molecule has 1 aliphatic carbocycles. The predicted molar refractivity (Wildman–Crippen MR) is 108 cm³/mol. The third-order valence-corrected chi connectivity index (χ3v) is 5.20. The number of rotatable bonds is 6. The van der Waals surface area contributed by atoms with Crippen LogP contribution in [-0.4, -0.2) is 46.0 Å². The van der Waals surface area contributed by atoms with Crippen molar-refractivity contribution in [1.29, 1.82) is 0 Å². The lowest BCUT2D eigenvalue weighted by Gasteiger charge is -2.33. The van der Waals surface area contributed by atoms with E-state index in [4.69, 9.17) is 0 Å². The Hall–Kier alpha value is -3.68. The Morgan fingerprint density at radius 1 is 0.633 bits per heavy atom. The van der Waals surface area contributed by atoms with Crippen LogP contribution in [0, 0.1) is 0 Å². The zero-order chi connectivity index (χ0) is 21.7. The summed E-state index contributed by atoms with van der Waals surface area (Å²) >= 11 is 0. The molecule has 8 nitrogen and oxygen atoms in total. The monoisotopic (exact) mass is 410 g/mol. The fourth-order valence-electron chi connectivity index (χ4n) is 3.70. The number of benzene rings is 2. The first kappa shape index (κ1) is 21.0. The highest BCUT2D eigenvalue weighted by molar-refractivity contribution is 6.06. The first-order chi connectivity index (χ1) is 14.4. The molecule has 1 fully saturated rings. The Morgan fingerprint density at radius 3 is 1.30 bits per heavy atom. The molecular formula is C22H22N2O6. The molecule has 2 atom stereocenters. The molecule has 2 aromatic rings. The van der Waals surface area contributed by atoms with Crippen molar-refractivity contribution in [2.24, 2.45) is 0 Å². The van der Waals surface area contributed by atoms with E-state index in [2.05, 4.69) is 10.6 Å². The number of carboxylic acids is 2. The molecule has 1 aliphatic rings. The van der Waals surface area contributed by atoms with Gasteiger partial charge in [-0.3, -0.25) is 9.59 Å². The molecule has 8 heteroatoms.